The highest BCUT2D eigenvalue weighted by Gasteiger charge is 2.00. The summed E-state index contributed by atoms with van der Waals surface area (Å²) >= 11 is 0. The van der Waals surface area contributed by atoms with Crippen LogP contribution in [-0.2, 0) is 0 Å². The molecule has 0 aliphatic heterocycles. The van der Waals surface area contributed by atoms with Crippen LogP contribution in [0.3, 0.4) is 0 Å². The SMILES string of the molecule is CC(C)NCCNC(=O)NC(C)C. The summed E-state index contributed by atoms with van der Waals surface area (Å²) < 4.78 is 0. The summed E-state index contributed by atoms with van der Waals surface area (Å²) in [7, 11) is 0. The molecular weight excluding hydrogens is 166 g/mol. The van der Waals surface area contributed by atoms with Crippen molar-refractivity contribution >= 4 is 6.03 Å². The molecule has 0 heterocycles. The van der Waals surface area contributed by atoms with Gasteiger partial charge in [0.1, 0.15) is 0 Å². The lowest BCUT2D eigenvalue weighted by molar-refractivity contribution is 0.238. The maximum Gasteiger partial charge on any atom is 0.315 e. The van der Waals surface area contributed by atoms with Crippen LogP contribution in [0.1, 0.15) is 27.7 Å². The molecule has 0 aliphatic rings. The monoisotopic (exact) mass is 187 g/mol. The van der Waals surface area contributed by atoms with Gasteiger partial charge in [0, 0.05) is 25.2 Å². The molecule has 0 aromatic carbocycles. The second-order valence-corrected chi connectivity index (χ2v) is 3.66. The van der Waals surface area contributed by atoms with E-state index in [0.29, 0.717) is 12.6 Å². The highest BCUT2D eigenvalue weighted by Crippen LogP contribution is 1.76. The third kappa shape index (κ3) is 9.14. The van der Waals surface area contributed by atoms with Gasteiger partial charge >= 0.3 is 6.03 Å². The van der Waals surface area contributed by atoms with Gasteiger partial charge in [-0.15, -0.1) is 0 Å². The Balaban J connectivity index is 3.27. The van der Waals surface area contributed by atoms with Crippen molar-refractivity contribution in [3.8, 4) is 0 Å². The van der Waals surface area contributed by atoms with Gasteiger partial charge in [-0.1, -0.05) is 13.8 Å². The second-order valence-electron chi connectivity index (χ2n) is 3.66. The third-order valence-corrected chi connectivity index (χ3v) is 1.38. The topological polar surface area (TPSA) is 53.2 Å². The number of urea groups is 1. The molecule has 0 saturated carbocycles. The Morgan fingerprint density at radius 1 is 1.08 bits per heavy atom. The Kier molecular flexibility index (Phi) is 6.32. The van der Waals surface area contributed by atoms with E-state index in [2.05, 4.69) is 29.8 Å². The lowest BCUT2D eigenvalue weighted by Crippen LogP contribution is -2.42. The van der Waals surface area contributed by atoms with E-state index < -0.39 is 0 Å². The molecule has 0 aromatic rings. The molecule has 0 aromatic heterocycles. The largest absolute Gasteiger partial charge is 0.337 e. The van der Waals surface area contributed by atoms with Crippen LogP contribution in [0.4, 0.5) is 4.79 Å². The fourth-order valence-electron chi connectivity index (χ4n) is 0.850. The average Bonchev–Trinajstić information content (AvgIpc) is 1.96. The summed E-state index contributed by atoms with van der Waals surface area (Å²) in [6.07, 6.45) is 0. The van der Waals surface area contributed by atoms with Gasteiger partial charge in [-0.05, 0) is 13.8 Å². The van der Waals surface area contributed by atoms with E-state index in [4.69, 9.17) is 0 Å². The summed E-state index contributed by atoms with van der Waals surface area (Å²) in [5.41, 5.74) is 0. The predicted molar refractivity (Wildman–Crippen MR) is 54.8 cm³/mol. The minimum atomic E-state index is -0.0967. The molecule has 2 amide bonds. The van der Waals surface area contributed by atoms with Crippen LogP contribution < -0.4 is 16.0 Å². The number of hydrogen-bond acceptors (Lipinski definition) is 2. The van der Waals surface area contributed by atoms with Crippen LogP contribution in [0.2, 0.25) is 0 Å². The lowest BCUT2D eigenvalue weighted by Gasteiger charge is -2.11. The number of carbonyl (C=O) groups is 1. The summed E-state index contributed by atoms with van der Waals surface area (Å²) in [5.74, 6) is 0. The van der Waals surface area contributed by atoms with Gasteiger partial charge in [0.2, 0.25) is 0 Å². The highest BCUT2D eigenvalue weighted by atomic mass is 16.2. The van der Waals surface area contributed by atoms with Crippen LogP contribution in [0.5, 0.6) is 0 Å². The molecule has 0 fully saturated rings. The van der Waals surface area contributed by atoms with Crippen molar-refractivity contribution in [3.05, 3.63) is 0 Å². The van der Waals surface area contributed by atoms with E-state index in [0.717, 1.165) is 6.54 Å². The first-order valence-electron chi connectivity index (χ1n) is 4.80. The Labute approximate surface area is 80.5 Å². The zero-order valence-electron chi connectivity index (χ0n) is 8.98. The molecule has 0 bridgehead atoms. The first-order chi connectivity index (χ1) is 6.02. The third-order valence-electron chi connectivity index (χ3n) is 1.38. The minimum absolute atomic E-state index is 0.0967. The first kappa shape index (κ1) is 12.2. The molecular formula is C9H21N3O. The lowest BCUT2D eigenvalue weighted by atomic mass is 10.4. The van der Waals surface area contributed by atoms with Gasteiger partial charge in [-0.2, -0.15) is 0 Å². The number of amides is 2. The minimum Gasteiger partial charge on any atom is -0.337 e. The summed E-state index contributed by atoms with van der Waals surface area (Å²) in [5, 5.41) is 8.72. The van der Waals surface area contributed by atoms with Gasteiger partial charge in [-0.3, -0.25) is 0 Å². The van der Waals surface area contributed by atoms with E-state index in [-0.39, 0.29) is 12.1 Å². The maximum atomic E-state index is 11.0. The molecule has 3 N–H and O–H groups in total. The fraction of sp³-hybridized carbons (Fsp3) is 0.889. The molecule has 0 unspecified atom stereocenters. The molecule has 0 rings (SSSR count). The Bertz CT molecular complexity index is 146. The summed E-state index contributed by atoms with van der Waals surface area (Å²) in [6.45, 7) is 9.50. The van der Waals surface area contributed by atoms with Crippen LogP contribution in [-0.4, -0.2) is 31.2 Å². The number of nitrogens with one attached hydrogen (secondary N) is 3. The zero-order chi connectivity index (χ0) is 10.3. The summed E-state index contributed by atoms with van der Waals surface area (Å²) in [4.78, 5) is 11.0. The Morgan fingerprint density at radius 3 is 2.15 bits per heavy atom. The van der Waals surface area contributed by atoms with Gasteiger partial charge in [0.05, 0.1) is 0 Å². The van der Waals surface area contributed by atoms with E-state index in [9.17, 15) is 4.79 Å². The van der Waals surface area contributed by atoms with E-state index >= 15 is 0 Å². The molecule has 4 heteroatoms. The van der Waals surface area contributed by atoms with Crippen molar-refractivity contribution in [2.24, 2.45) is 0 Å². The standard InChI is InChI=1S/C9H21N3O/c1-7(2)10-5-6-11-9(13)12-8(3)4/h7-8,10H,5-6H2,1-4H3,(H2,11,12,13). The van der Waals surface area contributed by atoms with Crippen molar-refractivity contribution in [1.82, 2.24) is 16.0 Å². The molecule has 0 saturated heterocycles. The quantitative estimate of drug-likeness (QED) is 0.555. The Hall–Kier alpha value is -0.770. The molecule has 13 heavy (non-hydrogen) atoms. The average molecular weight is 187 g/mol. The normalized spacial score (nSPS) is 10.6. The van der Waals surface area contributed by atoms with E-state index in [1.54, 1.807) is 0 Å². The molecule has 0 spiro atoms. The zero-order valence-corrected chi connectivity index (χ0v) is 8.98. The van der Waals surface area contributed by atoms with Gasteiger partial charge in [0.15, 0.2) is 0 Å². The molecule has 0 aliphatic carbocycles. The van der Waals surface area contributed by atoms with Crippen LogP contribution in [0, 0.1) is 0 Å². The maximum absolute atomic E-state index is 11.0. The van der Waals surface area contributed by atoms with Crippen molar-refractivity contribution in [1.29, 1.82) is 0 Å². The molecule has 4 nitrogen and oxygen atoms in total. The van der Waals surface area contributed by atoms with Crippen molar-refractivity contribution in [2.45, 2.75) is 39.8 Å². The van der Waals surface area contributed by atoms with Crippen molar-refractivity contribution in [3.63, 3.8) is 0 Å². The van der Waals surface area contributed by atoms with Gasteiger partial charge < -0.3 is 16.0 Å². The van der Waals surface area contributed by atoms with Crippen LogP contribution in [0.15, 0.2) is 0 Å². The molecule has 78 valence electrons. The van der Waals surface area contributed by atoms with Crippen LogP contribution >= 0.6 is 0 Å². The number of hydrogen-bond donors (Lipinski definition) is 3. The summed E-state index contributed by atoms with van der Waals surface area (Å²) in [6, 6.07) is 0.563. The van der Waals surface area contributed by atoms with Crippen LogP contribution in [0.25, 0.3) is 0 Å². The second kappa shape index (κ2) is 6.71. The molecule has 0 atom stereocenters. The van der Waals surface area contributed by atoms with E-state index in [1.165, 1.54) is 0 Å². The van der Waals surface area contributed by atoms with Gasteiger partial charge in [0.25, 0.3) is 0 Å². The van der Waals surface area contributed by atoms with Crippen molar-refractivity contribution in [2.75, 3.05) is 13.1 Å². The highest BCUT2D eigenvalue weighted by molar-refractivity contribution is 5.74. The molecule has 0 radical (unpaired) electrons. The van der Waals surface area contributed by atoms with E-state index in [1.807, 2.05) is 13.8 Å². The predicted octanol–water partition coefficient (Wildman–Crippen LogP) is 0.692. The fourth-order valence-corrected chi connectivity index (χ4v) is 0.850. The first-order valence-corrected chi connectivity index (χ1v) is 4.80. The number of carbonyl (C=O) groups excluding carboxylic acids is 1. The van der Waals surface area contributed by atoms with Crippen molar-refractivity contribution < 1.29 is 4.79 Å². The van der Waals surface area contributed by atoms with Gasteiger partial charge in [-0.25, -0.2) is 4.79 Å². The Morgan fingerprint density at radius 2 is 1.69 bits per heavy atom. The smallest absolute Gasteiger partial charge is 0.315 e. The number of rotatable bonds is 5.